The van der Waals surface area contributed by atoms with Crippen molar-refractivity contribution in [3.05, 3.63) is 69.4 Å². The monoisotopic (exact) mass is 391 g/mol. The van der Waals surface area contributed by atoms with Crippen LogP contribution in [0.3, 0.4) is 0 Å². The van der Waals surface area contributed by atoms with Crippen molar-refractivity contribution in [1.29, 1.82) is 0 Å². The molecule has 1 aromatic heterocycles. The molecule has 0 aliphatic carbocycles. The first-order chi connectivity index (χ1) is 11.5. The first kappa shape index (κ1) is 16.1. The van der Waals surface area contributed by atoms with Gasteiger partial charge in [-0.3, -0.25) is 4.79 Å². The zero-order valence-corrected chi connectivity index (χ0v) is 13.8. The first-order valence-corrected chi connectivity index (χ1v) is 7.70. The maximum Gasteiger partial charge on any atom is 0.437 e. The molecular weight excluding hydrogens is 381 g/mol. The van der Waals surface area contributed by atoms with Gasteiger partial charge in [0.2, 0.25) is 11.8 Å². The summed E-state index contributed by atoms with van der Waals surface area (Å²) in [4.78, 5) is 23.9. The second-order valence-electron chi connectivity index (χ2n) is 4.87. The maximum atomic E-state index is 12.9. The van der Waals surface area contributed by atoms with Gasteiger partial charge in [-0.1, -0.05) is 12.1 Å². The Labute approximate surface area is 144 Å². The molecule has 6 nitrogen and oxygen atoms in total. The van der Waals surface area contributed by atoms with Gasteiger partial charge in [-0.15, -0.1) is 5.10 Å². The lowest BCUT2D eigenvalue weighted by atomic mass is 10.2. The van der Waals surface area contributed by atoms with Gasteiger partial charge in [0.25, 0.3) is 0 Å². The smallest absolute Gasteiger partial charge is 0.388 e. The highest BCUT2D eigenvalue weighted by Crippen LogP contribution is 2.21. The lowest BCUT2D eigenvalue weighted by Crippen LogP contribution is -2.26. The van der Waals surface area contributed by atoms with Crippen molar-refractivity contribution in [2.45, 2.75) is 6.54 Å². The number of nitrogens with one attached hydrogen (secondary N) is 1. The molecule has 0 saturated carbocycles. The zero-order chi connectivity index (χ0) is 17.1. The quantitative estimate of drug-likeness (QED) is 0.741. The van der Waals surface area contributed by atoms with Gasteiger partial charge < -0.3 is 9.73 Å². The van der Waals surface area contributed by atoms with Crippen molar-refractivity contribution in [2.75, 3.05) is 5.32 Å². The van der Waals surface area contributed by atoms with Crippen LogP contribution in [0.25, 0.3) is 11.5 Å². The Balaban J connectivity index is 1.76. The Kier molecular flexibility index (Phi) is 4.57. The summed E-state index contributed by atoms with van der Waals surface area (Å²) in [5.74, 6) is -1.58. The molecule has 0 aliphatic heterocycles. The standard InChI is InChI=1S/C16H11BrFN3O3/c17-12-3-1-2-4-13(12)19-14(22)9-21-16(23)24-15(20-21)10-5-7-11(18)8-6-10/h1-8H,9H2,(H,19,22). The van der Waals surface area contributed by atoms with Crippen molar-refractivity contribution in [2.24, 2.45) is 0 Å². The van der Waals surface area contributed by atoms with Crippen LogP contribution < -0.4 is 11.1 Å². The van der Waals surface area contributed by atoms with E-state index in [4.69, 9.17) is 4.42 Å². The number of aromatic nitrogens is 2. The van der Waals surface area contributed by atoms with Crippen LogP contribution in [0.1, 0.15) is 0 Å². The normalized spacial score (nSPS) is 10.6. The third kappa shape index (κ3) is 3.60. The predicted octanol–water partition coefficient (Wildman–Crippen LogP) is 3.04. The zero-order valence-electron chi connectivity index (χ0n) is 12.2. The maximum absolute atomic E-state index is 12.9. The number of rotatable bonds is 4. The van der Waals surface area contributed by atoms with Gasteiger partial charge in [-0.2, -0.15) is 4.68 Å². The van der Waals surface area contributed by atoms with Crippen LogP contribution in [0.4, 0.5) is 10.1 Å². The Bertz CT molecular complexity index is 934. The van der Waals surface area contributed by atoms with E-state index in [2.05, 4.69) is 26.3 Å². The summed E-state index contributed by atoms with van der Waals surface area (Å²) in [6.45, 7) is -0.301. The lowest BCUT2D eigenvalue weighted by molar-refractivity contribution is -0.117. The van der Waals surface area contributed by atoms with Crippen LogP contribution in [0, 0.1) is 5.82 Å². The van der Waals surface area contributed by atoms with Crippen molar-refractivity contribution in [3.8, 4) is 11.5 Å². The Morgan fingerprint density at radius 1 is 1.21 bits per heavy atom. The van der Waals surface area contributed by atoms with E-state index < -0.39 is 17.5 Å². The van der Waals surface area contributed by atoms with Gasteiger partial charge in [-0.25, -0.2) is 9.18 Å². The van der Waals surface area contributed by atoms with E-state index >= 15 is 0 Å². The SMILES string of the molecule is O=C(Cn1nc(-c2ccc(F)cc2)oc1=O)Nc1ccccc1Br. The molecule has 1 heterocycles. The highest BCUT2D eigenvalue weighted by Gasteiger charge is 2.14. The van der Waals surface area contributed by atoms with Crippen LogP contribution >= 0.6 is 15.9 Å². The fourth-order valence-electron chi connectivity index (χ4n) is 2.00. The number of para-hydroxylation sites is 1. The second-order valence-corrected chi connectivity index (χ2v) is 5.72. The van der Waals surface area contributed by atoms with Crippen molar-refractivity contribution in [1.82, 2.24) is 9.78 Å². The number of hydrogen-bond acceptors (Lipinski definition) is 4. The van der Waals surface area contributed by atoms with Gasteiger partial charge in [0, 0.05) is 10.0 Å². The average Bonchev–Trinajstić information content (AvgIpc) is 2.91. The molecule has 122 valence electrons. The highest BCUT2D eigenvalue weighted by molar-refractivity contribution is 9.10. The van der Waals surface area contributed by atoms with E-state index in [0.29, 0.717) is 11.3 Å². The lowest BCUT2D eigenvalue weighted by Gasteiger charge is -2.06. The second kappa shape index (κ2) is 6.79. The molecule has 0 spiro atoms. The number of amides is 1. The molecule has 0 aliphatic rings. The Hall–Kier alpha value is -2.74. The van der Waals surface area contributed by atoms with E-state index in [1.807, 2.05) is 6.07 Å². The summed E-state index contributed by atoms with van der Waals surface area (Å²) in [6.07, 6.45) is 0. The van der Waals surface area contributed by atoms with E-state index in [1.165, 1.54) is 24.3 Å². The van der Waals surface area contributed by atoms with Crippen molar-refractivity contribution >= 4 is 27.5 Å². The average molecular weight is 392 g/mol. The van der Waals surface area contributed by atoms with Crippen LogP contribution in [-0.4, -0.2) is 15.7 Å². The fraction of sp³-hybridized carbons (Fsp3) is 0.0625. The molecule has 1 N–H and O–H groups in total. The molecule has 1 amide bonds. The summed E-state index contributed by atoms with van der Waals surface area (Å²) < 4.78 is 19.6. The van der Waals surface area contributed by atoms with Crippen LogP contribution in [0.5, 0.6) is 0 Å². The third-order valence-corrected chi connectivity index (χ3v) is 3.83. The van der Waals surface area contributed by atoms with Gasteiger partial charge in [0.05, 0.1) is 5.69 Å². The van der Waals surface area contributed by atoms with Gasteiger partial charge in [-0.05, 0) is 52.3 Å². The summed E-state index contributed by atoms with van der Waals surface area (Å²) >= 11 is 3.32. The summed E-state index contributed by atoms with van der Waals surface area (Å²) in [6, 6.07) is 12.4. The molecule has 8 heteroatoms. The van der Waals surface area contributed by atoms with Crippen molar-refractivity contribution in [3.63, 3.8) is 0 Å². The number of halogens is 2. The molecule has 0 fully saturated rings. The molecule has 0 unspecified atom stereocenters. The summed E-state index contributed by atoms with van der Waals surface area (Å²) in [7, 11) is 0. The van der Waals surface area contributed by atoms with Crippen LogP contribution in [0.15, 0.2) is 62.2 Å². The molecule has 3 rings (SSSR count). The molecular formula is C16H11BrFN3O3. The summed E-state index contributed by atoms with van der Waals surface area (Å²) in [5, 5.41) is 6.62. The van der Waals surface area contributed by atoms with E-state index in [9.17, 15) is 14.0 Å². The van der Waals surface area contributed by atoms with E-state index in [0.717, 1.165) is 9.15 Å². The van der Waals surface area contributed by atoms with Crippen molar-refractivity contribution < 1.29 is 13.6 Å². The number of hydrogen-bond donors (Lipinski definition) is 1. The topological polar surface area (TPSA) is 77.1 Å². The Morgan fingerprint density at radius 3 is 2.62 bits per heavy atom. The minimum absolute atomic E-state index is 0.0219. The minimum Gasteiger partial charge on any atom is -0.388 e. The van der Waals surface area contributed by atoms with E-state index in [1.54, 1.807) is 18.2 Å². The number of carbonyl (C=O) groups is 1. The molecule has 0 radical (unpaired) electrons. The minimum atomic E-state index is -0.767. The third-order valence-electron chi connectivity index (χ3n) is 3.14. The number of anilines is 1. The largest absolute Gasteiger partial charge is 0.437 e. The number of benzene rings is 2. The highest BCUT2D eigenvalue weighted by atomic mass is 79.9. The van der Waals surface area contributed by atoms with Gasteiger partial charge in [0.1, 0.15) is 12.4 Å². The number of carbonyl (C=O) groups excluding carboxylic acids is 1. The molecule has 2 aromatic carbocycles. The molecule has 0 saturated heterocycles. The van der Waals surface area contributed by atoms with Gasteiger partial charge >= 0.3 is 5.76 Å². The number of nitrogens with zero attached hydrogens (tertiary/aromatic N) is 2. The van der Waals surface area contributed by atoms with Crippen LogP contribution in [-0.2, 0) is 11.3 Å². The first-order valence-electron chi connectivity index (χ1n) is 6.91. The molecule has 3 aromatic rings. The molecule has 24 heavy (non-hydrogen) atoms. The molecule has 0 bridgehead atoms. The predicted molar refractivity (Wildman–Crippen MR) is 88.9 cm³/mol. The molecule has 0 atom stereocenters. The van der Waals surface area contributed by atoms with Crippen LogP contribution in [0.2, 0.25) is 0 Å². The van der Waals surface area contributed by atoms with E-state index in [-0.39, 0.29) is 12.4 Å². The van der Waals surface area contributed by atoms with Gasteiger partial charge in [0.15, 0.2) is 0 Å². The Morgan fingerprint density at radius 2 is 1.92 bits per heavy atom. The summed E-state index contributed by atoms with van der Waals surface area (Å²) in [5.41, 5.74) is 1.02. The fourth-order valence-corrected chi connectivity index (χ4v) is 2.39.